The van der Waals surface area contributed by atoms with Crippen molar-refractivity contribution >= 4 is 5.69 Å². The maximum absolute atomic E-state index is 12.7. The van der Waals surface area contributed by atoms with Crippen molar-refractivity contribution in [3.05, 3.63) is 18.2 Å². The Labute approximate surface area is 86.4 Å². The molecule has 1 aromatic rings. The third-order valence-corrected chi connectivity index (χ3v) is 2.16. The topological polar surface area (TPSA) is 18.5 Å². The summed E-state index contributed by atoms with van der Waals surface area (Å²) < 4.78 is 34.6. The lowest BCUT2D eigenvalue weighted by atomic mass is 10.2. The van der Waals surface area contributed by atoms with E-state index in [1.807, 2.05) is 21.1 Å². The Kier molecular flexibility index (Phi) is 1.91. The quantitative estimate of drug-likeness (QED) is 0.670. The van der Waals surface area contributed by atoms with Gasteiger partial charge in [0.25, 0.3) is 0 Å². The molecule has 0 aliphatic carbocycles. The van der Waals surface area contributed by atoms with Crippen LogP contribution in [0.2, 0.25) is 0 Å². The van der Waals surface area contributed by atoms with Gasteiger partial charge in [-0.3, -0.25) is 4.48 Å². The van der Waals surface area contributed by atoms with Crippen LogP contribution in [0.3, 0.4) is 0 Å². The Morgan fingerprint density at radius 2 is 1.67 bits per heavy atom. The first-order valence-electron chi connectivity index (χ1n) is 4.50. The molecule has 0 spiro atoms. The lowest BCUT2D eigenvalue weighted by molar-refractivity contribution is -0.286. The molecule has 0 saturated heterocycles. The SMILES string of the molecule is C[N+](C)(C)c1ccc2c(c1)OC(F)(F)O2. The Balaban J connectivity index is 2.39. The number of nitrogens with zero attached hydrogens (tertiary/aromatic N) is 1. The minimum Gasteiger partial charge on any atom is -0.395 e. The largest absolute Gasteiger partial charge is 0.586 e. The average Bonchev–Trinajstić information content (AvgIpc) is 2.34. The Morgan fingerprint density at radius 1 is 1.07 bits per heavy atom. The monoisotopic (exact) mass is 216 g/mol. The van der Waals surface area contributed by atoms with E-state index in [-0.39, 0.29) is 11.5 Å². The molecular weight excluding hydrogens is 204 g/mol. The van der Waals surface area contributed by atoms with E-state index in [0.29, 0.717) is 4.48 Å². The van der Waals surface area contributed by atoms with Gasteiger partial charge in [-0.1, -0.05) is 0 Å². The molecule has 0 amide bonds. The maximum atomic E-state index is 12.7. The lowest BCUT2D eigenvalue weighted by Crippen LogP contribution is -2.34. The molecule has 0 saturated carbocycles. The van der Waals surface area contributed by atoms with Gasteiger partial charge in [-0.2, -0.15) is 0 Å². The van der Waals surface area contributed by atoms with Gasteiger partial charge in [0.1, 0.15) is 5.69 Å². The van der Waals surface area contributed by atoms with Crippen LogP contribution >= 0.6 is 0 Å². The number of hydrogen-bond acceptors (Lipinski definition) is 2. The molecule has 0 N–H and O–H groups in total. The normalized spacial score (nSPS) is 17.9. The number of alkyl halides is 2. The van der Waals surface area contributed by atoms with Crippen molar-refractivity contribution < 1.29 is 18.3 Å². The molecule has 0 atom stereocenters. The van der Waals surface area contributed by atoms with Crippen molar-refractivity contribution in [1.82, 2.24) is 4.48 Å². The Bertz CT molecular complexity index is 399. The highest BCUT2D eigenvalue weighted by molar-refractivity contribution is 5.54. The summed E-state index contributed by atoms with van der Waals surface area (Å²) in [5.74, 6) is 0.169. The van der Waals surface area contributed by atoms with E-state index in [1.165, 1.54) is 6.07 Å². The lowest BCUT2D eigenvalue weighted by Gasteiger charge is -2.23. The van der Waals surface area contributed by atoms with E-state index < -0.39 is 6.29 Å². The van der Waals surface area contributed by atoms with Gasteiger partial charge >= 0.3 is 6.29 Å². The smallest absolute Gasteiger partial charge is 0.395 e. The Hall–Kier alpha value is -1.36. The zero-order valence-corrected chi connectivity index (χ0v) is 8.75. The fourth-order valence-corrected chi connectivity index (χ4v) is 1.35. The summed E-state index contributed by atoms with van der Waals surface area (Å²) in [7, 11) is 5.82. The van der Waals surface area contributed by atoms with Crippen molar-refractivity contribution in [1.29, 1.82) is 0 Å². The number of quaternary nitrogens is 1. The Morgan fingerprint density at radius 3 is 2.27 bits per heavy atom. The van der Waals surface area contributed by atoms with Crippen LogP contribution in [-0.2, 0) is 0 Å². The molecule has 0 radical (unpaired) electrons. The summed E-state index contributed by atoms with van der Waals surface area (Å²) in [4.78, 5) is 0. The molecule has 1 heterocycles. The molecule has 2 rings (SSSR count). The van der Waals surface area contributed by atoms with E-state index in [9.17, 15) is 8.78 Å². The van der Waals surface area contributed by atoms with Gasteiger partial charge in [-0.25, -0.2) is 0 Å². The number of fused-ring (bicyclic) bond motifs is 1. The second-order valence-electron chi connectivity index (χ2n) is 4.31. The van der Waals surface area contributed by atoms with Gasteiger partial charge in [-0.15, -0.1) is 8.78 Å². The summed E-state index contributed by atoms with van der Waals surface area (Å²) in [5, 5.41) is 0. The van der Waals surface area contributed by atoms with E-state index >= 15 is 0 Å². The van der Waals surface area contributed by atoms with Gasteiger partial charge in [-0.05, 0) is 6.07 Å². The second kappa shape index (κ2) is 2.82. The first-order valence-corrected chi connectivity index (χ1v) is 4.50. The van der Waals surface area contributed by atoms with Crippen molar-refractivity contribution in [2.75, 3.05) is 21.1 Å². The summed E-state index contributed by atoms with van der Waals surface area (Å²) in [5.41, 5.74) is 0.870. The molecule has 15 heavy (non-hydrogen) atoms. The predicted molar refractivity (Wildman–Crippen MR) is 52.2 cm³/mol. The van der Waals surface area contributed by atoms with Crippen LogP contribution in [0.5, 0.6) is 11.5 Å². The molecular formula is C10H12F2NO2+. The number of benzene rings is 1. The van der Waals surface area contributed by atoms with Crippen LogP contribution in [-0.4, -0.2) is 27.4 Å². The standard InChI is InChI=1S/C10H12F2NO2/c1-13(2,3)7-4-5-8-9(6-7)15-10(11,12)14-8/h4-6H,1-3H3/q+1. The molecule has 0 fully saturated rings. The number of halogens is 2. The minimum atomic E-state index is -3.54. The van der Waals surface area contributed by atoms with E-state index in [0.717, 1.165) is 5.69 Å². The third kappa shape index (κ3) is 1.87. The van der Waals surface area contributed by atoms with Gasteiger partial charge in [0, 0.05) is 12.1 Å². The molecule has 0 bridgehead atoms. The van der Waals surface area contributed by atoms with Crippen LogP contribution in [0.1, 0.15) is 0 Å². The number of ether oxygens (including phenoxy) is 2. The second-order valence-corrected chi connectivity index (χ2v) is 4.31. The average molecular weight is 216 g/mol. The predicted octanol–water partition coefficient (Wildman–Crippen LogP) is 2.20. The maximum Gasteiger partial charge on any atom is 0.586 e. The van der Waals surface area contributed by atoms with Gasteiger partial charge in [0.2, 0.25) is 0 Å². The van der Waals surface area contributed by atoms with Crippen molar-refractivity contribution in [2.24, 2.45) is 0 Å². The van der Waals surface area contributed by atoms with E-state index in [1.54, 1.807) is 12.1 Å². The molecule has 1 aliphatic rings. The molecule has 1 aliphatic heterocycles. The molecule has 82 valence electrons. The summed E-state index contributed by atoms with van der Waals surface area (Å²) in [6, 6.07) is 4.80. The molecule has 1 aromatic carbocycles. The first kappa shape index (κ1) is 10.2. The zero-order valence-electron chi connectivity index (χ0n) is 8.75. The van der Waals surface area contributed by atoms with Crippen molar-refractivity contribution in [3.63, 3.8) is 0 Å². The van der Waals surface area contributed by atoms with Gasteiger partial charge < -0.3 is 9.47 Å². The first-order chi connectivity index (χ1) is 6.78. The number of rotatable bonds is 1. The van der Waals surface area contributed by atoms with Gasteiger partial charge in [0.15, 0.2) is 11.5 Å². The highest BCUT2D eigenvalue weighted by Gasteiger charge is 2.43. The molecule has 0 unspecified atom stereocenters. The molecule has 5 heteroatoms. The minimum absolute atomic E-state index is 0.0807. The fraction of sp³-hybridized carbons (Fsp3) is 0.400. The van der Waals surface area contributed by atoms with Gasteiger partial charge in [0.05, 0.1) is 21.1 Å². The van der Waals surface area contributed by atoms with E-state index in [2.05, 4.69) is 9.47 Å². The third-order valence-electron chi connectivity index (χ3n) is 2.16. The van der Waals surface area contributed by atoms with E-state index in [4.69, 9.17) is 0 Å². The van der Waals surface area contributed by atoms with Crippen LogP contribution in [0.4, 0.5) is 14.5 Å². The molecule has 0 aromatic heterocycles. The fourth-order valence-electron chi connectivity index (χ4n) is 1.35. The van der Waals surface area contributed by atoms with Crippen molar-refractivity contribution in [3.8, 4) is 11.5 Å². The summed E-state index contributed by atoms with van der Waals surface area (Å²) in [6.45, 7) is 0. The van der Waals surface area contributed by atoms with Crippen molar-refractivity contribution in [2.45, 2.75) is 6.29 Å². The highest BCUT2D eigenvalue weighted by Crippen LogP contribution is 2.43. The van der Waals surface area contributed by atoms with Crippen LogP contribution in [0, 0.1) is 0 Å². The molecule has 3 nitrogen and oxygen atoms in total. The summed E-state index contributed by atoms with van der Waals surface area (Å²) in [6.07, 6.45) is -3.54. The van der Waals surface area contributed by atoms with Crippen LogP contribution in [0.15, 0.2) is 18.2 Å². The zero-order chi connectivity index (χ0) is 11.3. The number of hydrogen-bond donors (Lipinski definition) is 0. The highest BCUT2D eigenvalue weighted by atomic mass is 19.3. The van der Waals surface area contributed by atoms with Crippen LogP contribution in [0.25, 0.3) is 0 Å². The van der Waals surface area contributed by atoms with Crippen LogP contribution < -0.4 is 14.0 Å². The summed E-state index contributed by atoms with van der Waals surface area (Å²) >= 11 is 0.